The van der Waals surface area contributed by atoms with Crippen LogP contribution in [-0.2, 0) is 9.59 Å². The molecule has 36 heavy (non-hydrogen) atoms. The van der Waals surface area contributed by atoms with Crippen LogP contribution in [0.1, 0.15) is 38.4 Å². The third-order valence-electron chi connectivity index (χ3n) is 5.56. The molecule has 2 rings (SSSR count). The van der Waals surface area contributed by atoms with Gasteiger partial charge in [-0.15, -0.1) is 0 Å². The Labute approximate surface area is 204 Å². The summed E-state index contributed by atoms with van der Waals surface area (Å²) in [4.78, 5) is 34.5. The third-order valence-corrected chi connectivity index (χ3v) is 5.56. The molecule has 1 saturated heterocycles. The van der Waals surface area contributed by atoms with Gasteiger partial charge in [-0.25, -0.2) is 0 Å². The van der Waals surface area contributed by atoms with Gasteiger partial charge in [0.05, 0.1) is 32.1 Å². The van der Waals surface area contributed by atoms with Crippen molar-refractivity contribution in [2.24, 2.45) is 9.98 Å². The van der Waals surface area contributed by atoms with Gasteiger partial charge in [0.1, 0.15) is 5.75 Å². The van der Waals surface area contributed by atoms with Crippen LogP contribution in [0.15, 0.2) is 34.3 Å². The van der Waals surface area contributed by atoms with E-state index < -0.39 is 36.8 Å². The fraction of sp³-hybridized carbons (Fsp3) is 0.565. The van der Waals surface area contributed by atoms with Crippen LogP contribution >= 0.6 is 0 Å². The van der Waals surface area contributed by atoms with Gasteiger partial charge in [-0.3, -0.25) is 29.4 Å². The van der Waals surface area contributed by atoms with Crippen molar-refractivity contribution < 1.29 is 41.0 Å². The van der Waals surface area contributed by atoms with E-state index in [1.54, 1.807) is 12.1 Å². The Morgan fingerprint density at radius 3 is 1.58 bits per heavy atom. The molecular weight excluding hydrogens is 494 g/mol. The second kappa shape index (κ2) is 12.4. The Bertz CT molecular complexity index is 918. The summed E-state index contributed by atoms with van der Waals surface area (Å²) in [5, 5.41) is 9.62. The first-order chi connectivity index (χ1) is 16.7. The minimum absolute atomic E-state index is 0.0685. The first-order valence-corrected chi connectivity index (χ1v) is 11.2. The summed E-state index contributed by atoms with van der Waals surface area (Å²) in [6.45, 7) is 4.96. The number of aliphatic imine (C=N–C) groups is 2. The van der Waals surface area contributed by atoms with Crippen molar-refractivity contribution in [3.05, 3.63) is 29.8 Å². The van der Waals surface area contributed by atoms with Gasteiger partial charge in [0.15, 0.2) is 0 Å². The van der Waals surface area contributed by atoms with Crippen molar-refractivity contribution in [2.45, 2.75) is 45.2 Å². The first-order valence-electron chi connectivity index (χ1n) is 11.2. The lowest BCUT2D eigenvalue weighted by molar-refractivity contribution is -0.169. The highest BCUT2D eigenvalue weighted by atomic mass is 19.4. The van der Waals surface area contributed by atoms with Crippen molar-refractivity contribution in [1.82, 2.24) is 9.80 Å². The molecular formula is C23H28F6N4O3. The van der Waals surface area contributed by atoms with Gasteiger partial charge in [0.2, 0.25) is 11.6 Å². The summed E-state index contributed by atoms with van der Waals surface area (Å²) >= 11 is 0. The van der Waals surface area contributed by atoms with Gasteiger partial charge in [0, 0.05) is 37.6 Å². The number of aromatic hydroxyl groups is 1. The second-order valence-corrected chi connectivity index (χ2v) is 8.47. The van der Waals surface area contributed by atoms with Crippen molar-refractivity contribution >= 4 is 23.0 Å². The Morgan fingerprint density at radius 2 is 1.22 bits per heavy atom. The molecule has 200 valence electrons. The topological polar surface area (TPSA) is 85.6 Å². The maximum atomic E-state index is 12.4. The van der Waals surface area contributed by atoms with E-state index in [1.165, 1.54) is 26.0 Å². The number of benzene rings is 1. The van der Waals surface area contributed by atoms with Crippen LogP contribution in [0.3, 0.4) is 0 Å². The minimum atomic E-state index is -4.91. The zero-order valence-corrected chi connectivity index (χ0v) is 19.9. The van der Waals surface area contributed by atoms with E-state index in [4.69, 9.17) is 0 Å². The summed E-state index contributed by atoms with van der Waals surface area (Å²) in [6.07, 6.45) is -11.7. The van der Waals surface area contributed by atoms with E-state index in [9.17, 15) is 41.0 Å². The average Bonchev–Trinajstić information content (AvgIpc) is 3.15. The molecule has 0 aromatic heterocycles. The van der Waals surface area contributed by atoms with Crippen molar-refractivity contribution in [2.75, 3.05) is 39.3 Å². The summed E-state index contributed by atoms with van der Waals surface area (Å²) in [5.41, 5.74) is 0.978. The molecule has 1 aliphatic heterocycles. The van der Waals surface area contributed by atoms with Crippen LogP contribution in [0.4, 0.5) is 26.3 Å². The summed E-state index contributed by atoms with van der Waals surface area (Å²) in [5.74, 6) is -3.64. The number of ketones is 2. The molecule has 1 aromatic carbocycles. The number of carbonyl (C=O) groups is 2. The summed E-state index contributed by atoms with van der Waals surface area (Å²) in [7, 11) is 0. The molecule has 0 atom stereocenters. The Kier molecular flexibility index (Phi) is 10.2. The third kappa shape index (κ3) is 9.01. The molecule has 0 unspecified atom stereocenters. The molecule has 1 aromatic rings. The second-order valence-electron chi connectivity index (χ2n) is 8.47. The van der Waals surface area contributed by atoms with E-state index in [2.05, 4.69) is 9.98 Å². The highest BCUT2D eigenvalue weighted by Gasteiger charge is 2.39. The van der Waals surface area contributed by atoms with Crippen LogP contribution in [0, 0.1) is 0 Å². The lowest BCUT2D eigenvalue weighted by Gasteiger charge is -2.30. The summed E-state index contributed by atoms with van der Waals surface area (Å²) < 4.78 is 74.7. The van der Waals surface area contributed by atoms with Crippen molar-refractivity contribution in [3.8, 4) is 5.75 Å². The van der Waals surface area contributed by atoms with Crippen LogP contribution in [0.5, 0.6) is 5.75 Å². The van der Waals surface area contributed by atoms with Gasteiger partial charge >= 0.3 is 12.4 Å². The predicted molar refractivity (Wildman–Crippen MR) is 121 cm³/mol. The summed E-state index contributed by atoms with van der Waals surface area (Å²) in [6, 6.07) is 6.47. The lowest BCUT2D eigenvalue weighted by Crippen LogP contribution is -2.34. The number of nitrogens with zero attached hydrogens (tertiary/aromatic N) is 4. The van der Waals surface area contributed by atoms with Crippen LogP contribution in [0.25, 0.3) is 0 Å². The van der Waals surface area contributed by atoms with Gasteiger partial charge in [-0.05, 0) is 31.5 Å². The highest BCUT2D eigenvalue weighted by Crippen LogP contribution is 2.30. The molecule has 13 heteroatoms. The van der Waals surface area contributed by atoms with Gasteiger partial charge < -0.3 is 5.11 Å². The van der Waals surface area contributed by atoms with Crippen LogP contribution in [0.2, 0.25) is 0 Å². The Balaban J connectivity index is 2.04. The number of carbonyl (C=O) groups excluding carboxylic acids is 2. The predicted octanol–water partition coefficient (Wildman–Crippen LogP) is 3.97. The molecule has 1 N–H and O–H groups in total. The standard InChI is InChI=1S/C23H28F6N4O3/c1-15(13-19(35)22(24,25)26)30-7-9-32-11-12-33(21(32)17-3-5-18(34)6-4-17)10-8-31-16(2)14-20(36)23(27,28)29/h3-6,21,34H,7-14H2,1-2H3. The highest BCUT2D eigenvalue weighted by molar-refractivity contribution is 6.03. The number of phenolic OH excluding ortho intramolecular Hbond substituents is 1. The smallest absolute Gasteiger partial charge is 0.450 e. The van der Waals surface area contributed by atoms with Gasteiger partial charge in [0.25, 0.3) is 0 Å². The molecule has 1 fully saturated rings. The molecule has 0 radical (unpaired) electrons. The average molecular weight is 522 g/mol. The fourth-order valence-electron chi connectivity index (χ4n) is 3.78. The number of hydrogen-bond donors (Lipinski definition) is 1. The number of hydrogen-bond acceptors (Lipinski definition) is 7. The first kappa shape index (κ1) is 29.4. The number of rotatable bonds is 11. The van der Waals surface area contributed by atoms with E-state index in [-0.39, 0.29) is 36.4 Å². The molecule has 7 nitrogen and oxygen atoms in total. The zero-order valence-electron chi connectivity index (χ0n) is 19.9. The van der Waals surface area contributed by atoms with E-state index in [0.29, 0.717) is 26.2 Å². The van der Waals surface area contributed by atoms with E-state index in [0.717, 1.165) is 5.56 Å². The monoisotopic (exact) mass is 522 g/mol. The number of halogens is 6. The fourth-order valence-corrected chi connectivity index (χ4v) is 3.78. The normalized spacial score (nSPS) is 18.6. The van der Waals surface area contributed by atoms with Crippen LogP contribution < -0.4 is 0 Å². The Hall–Kier alpha value is -2.80. The molecule has 1 heterocycles. The Morgan fingerprint density at radius 1 is 0.833 bits per heavy atom. The maximum Gasteiger partial charge on any atom is 0.450 e. The number of alkyl halides is 6. The van der Waals surface area contributed by atoms with E-state index >= 15 is 0 Å². The van der Waals surface area contributed by atoms with Crippen LogP contribution in [-0.4, -0.2) is 89.5 Å². The van der Waals surface area contributed by atoms with Crippen molar-refractivity contribution in [3.63, 3.8) is 0 Å². The molecule has 0 amide bonds. The zero-order chi connectivity index (χ0) is 27.1. The molecule has 0 aliphatic carbocycles. The van der Waals surface area contributed by atoms with Gasteiger partial charge in [-0.2, -0.15) is 26.3 Å². The van der Waals surface area contributed by atoms with E-state index in [1.807, 2.05) is 9.80 Å². The minimum Gasteiger partial charge on any atom is -0.508 e. The molecule has 0 bridgehead atoms. The van der Waals surface area contributed by atoms with Gasteiger partial charge in [-0.1, -0.05) is 12.1 Å². The molecule has 0 saturated carbocycles. The number of Topliss-reactive ketones (excluding diaryl/α,β-unsaturated/α-hetero) is 2. The van der Waals surface area contributed by atoms with Crippen molar-refractivity contribution in [1.29, 1.82) is 0 Å². The lowest BCUT2D eigenvalue weighted by atomic mass is 10.1. The molecule has 1 aliphatic rings. The SMILES string of the molecule is CC(CC(=O)C(F)(F)F)=NCCN1CCN(CCN=C(C)CC(=O)C(F)(F)F)C1c1ccc(O)cc1. The largest absolute Gasteiger partial charge is 0.508 e. The quantitative estimate of drug-likeness (QED) is 0.351. The maximum absolute atomic E-state index is 12.4. The molecule has 0 spiro atoms. The number of phenols is 1.